The van der Waals surface area contributed by atoms with E-state index in [0.717, 1.165) is 44.3 Å². The number of para-hydroxylation sites is 1. The average molecular weight is 489 g/mol. The number of carbonyl (C=O) groups excluding carboxylic acids is 1. The highest BCUT2D eigenvalue weighted by atomic mass is 16.3. The van der Waals surface area contributed by atoms with E-state index in [4.69, 9.17) is 0 Å². The number of nitrogens with one attached hydrogen (secondary N) is 1. The van der Waals surface area contributed by atoms with Crippen molar-refractivity contribution >= 4 is 22.5 Å². The maximum Gasteiger partial charge on any atom is 0.321 e. The Bertz CT molecular complexity index is 1530. The molecule has 3 N–H and O–H groups in total. The van der Waals surface area contributed by atoms with Gasteiger partial charge in [0.2, 0.25) is 0 Å². The van der Waals surface area contributed by atoms with Crippen LogP contribution in [-0.2, 0) is 13.0 Å². The molecule has 5 nitrogen and oxygen atoms in total. The molecule has 0 saturated heterocycles. The van der Waals surface area contributed by atoms with Gasteiger partial charge >= 0.3 is 6.03 Å². The summed E-state index contributed by atoms with van der Waals surface area (Å²) in [5, 5.41) is 24.8. The van der Waals surface area contributed by atoms with Gasteiger partial charge in [0.1, 0.15) is 11.5 Å². The molecule has 0 spiro atoms. The highest BCUT2D eigenvalue weighted by Gasteiger charge is 2.13. The summed E-state index contributed by atoms with van der Waals surface area (Å²) in [6.45, 7) is 0.433. The SMILES string of the molecule is CN(C(=O)NCc1ccc(Cc2c(-c3ccc(O)cc3)ccc3cc(O)ccc23)cc1)c1ccccc1. The van der Waals surface area contributed by atoms with Crippen LogP contribution in [0, 0.1) is 0 Å². The van der Waals surface area contributed by atoms with Crippen molar-refractivity contribution in [2.24, 2.45) is 0 Å². The van der Waals surface area contributed by atoms with E-state index in [1.54, 1.807) is 36.2 Å². The van der Waals surface area contributed by atoms with E-state index in [2.05, 4.69) is 23.5 Å². The number of carbonyl (C=O) groups is 1. The summed E-state index contributed by atoms with van der Waals surface area (Å²) in [5.41, 5.74) is 6.23. The molecule has 0 aromatic heterocycles. The van der Waals surface area contributed by atoms with Crippen LogP contribution >= 0.6 is 0 Å². The molecule has 0 aliphatic rings. The Kier molecular flexibility index (Phi) is 6.77. The molecule has 37 heavy (non-hydrogen) atoms. The van der Waals surface area contributed by atoms with Gasteiger partial charge in [-0.1, -0.05) is 72.8 Å². The van der Waals surface area contributed by atoms with Crippen molar-refractivity contribution in [3.63, 3.8) is 0 Å². The molecule has 2 amide bonds. The lowest BCUT2D eigenvalue weighted by Gasteiger charge is -2.18. The normalized spacial score (nSPS) is 10.8. The summed E-state index contributed by atoms with van der Waals surface area (Å²) in [4.78, 5) is 14.1. The maximum absolute atomic E-state index is 12.5. The molecule has 0 unspecified atom stereocenters. The van der Waals surface area contributed by atoms with Crippen LogP contribution in [0.15, 0.2) is 109 Å². The van der Waals surface area contributed by atoms with Crippen LogP contribution in [0.1, 0.15) is 16.7 Å². The van der Waals surface area contributed by atoms with Gasteiger partial charge in [-0.25, -0.2) is 4.79 Å². The molecule has 5 heteroatoms. The second kappa shape index (κ2) is 10.5. The van der Waals surface area contributed by atoms with Gasteiger partial charge in [0.15, 0.2) is 0 Å². The molecule has 184 valence electrons. The van der Waals surface area contributed by atoms with Crippen molar-refractivity contribution in [2.45, 2.75) is 13.0 Å². The number of anilines is 1. The zero-order valence-corrected chi connectivity index (χ0v) is 20.6. The Morgan fingerprint density at radius 3 is 2.16 bits per heavy atom. The van der Waals surface area contributed by atoms with Crippen molar-refractivity contribution in [3.05, 3.63) is 126 Å². The number of amides is 2. The van der Waals surface area contributed by atoms with E-state index in [1.165, 1.54) is 0 Å². The number of hydrogen-bond acceptors (Lipinski definition) is 3. The summed E-state index contributed by atoms with van der Waals surface area (Å²) in [6, 6.07) is 34.4. The molecule has 0 atom stereocenters. The molecule has 0 fully saturated rings. The maximum atomic E-state index is 12.5. The van der Waals surface area contributed by atoms with E-state index in [1.807, 2.05) is 66.7 Å². The molecule has 0 heterocycles. The monoisotopic (exact) mass is 488 g/mol. The second-order valence-corrected chi connectivity index (χ2v) is 9.09. The molecule has 0 aliphatic heterocycles. The fourth-order valence-corrected chi connectivity index (χ4v) is 4.53. The molecule has 0 aliphatic carbocycles. The van der Waals surface area contributed by atoms with Gasteiger partial charge in [0.05, 0.1) is 0 Å². The third-order valence-corrected chi connectivity index (χ3v) is 6.59. The minimum Gasteiger partial charge on any atom is -0.508 e. The number of rotatable bonds is 6. The Labute approximate surface area is 216 Å². The fraction of sp³-hybridized carbons (Fsp3) is 0.0938. The summed E-state index contributed by atoms with van der Waals surface area (Å²) < 4.78 is 0. The first-order valence-electron chi connectivity index (χ1n) is 12.2. The smallest absolute Gasteiger partial charge is 0.321 e. The quantitative estimate of drug-likeness (QED) is 0.245. The Balaban J connectivity index is 1.36. The highest BCUT2D eigenvalue weighted by Crippen LogP contribution is 2.34. The molecular formula is C32H28N2O3. The van der Waals surface area contributed by atoms with Crippen LogP contribution < -0.4 is 10.2 Å². The van der Waals surface area contributed by atoms with E-state index in [0.29, 0.717) is 13.0 Å². The zero-order chi connectivity index (χ0) is 25.8. The number of hydrogen-bond donors (Lipinski definition) is 3. The highest BCUT2D eigenvalue weighted by molar-refractivity contribution is 5.93. The number of fused-ring (bicyclic) bond motifs is 1. The summed E-state index contributed by atoms with van der Waals surface area (Å²) >= 11 is 0. The third-order valence-electron chi connectivity index (χ3n) is 6.59. The number of phenols is 2. The van der Waals surface area contributed by atoms with E-state index >= 15 is 0 Å². The van der Waals surface area contributed by atoms with Crippen LogP contribution in [0.4, 0.5) is 10.5 Å². The van der Waals surface area contributed by atoms with Crippen molar-refractivity contribution in [1.82, 2.24) is 5.32 Å². The molecule has 0 bridgehead atoms. The molecular weight excluding hydrogens is 460 g/mol. The van der Waals surface area contributed by atoms with Gasteiger partial charge < -0.3 is 15.5 Å². The first kappa shape index (κ1) is 23.9. The first-order chi connectivity index (χ1) is 18.0. The van der Waals surface area contributed by atoms with Crippen LogP contribution in [0.5, 0.6) is 11.5 Å². The van der Waals surface area contributed by atoms with Gasteiger partial charge in [0, 0.05) is 19.3 Å². The van der Waals surface area contributed by atoms with Gasteiger partial charge in [-0.05, 0) is 81.4 Å². The predicted molar refractivity (Wildman–Crippen MR) is 149 cm³/mol. The number of nitrogens with zero attached hydrogens (tertiary/aromatic N) is 1. The van der Waals surface area contributed by atoms with Crippen molar-refractivity contribution in [3.8, 4) is 22.6 Å². The first-order valence-corrected chi connectivity index (χ1v) is 12.2. The second-order valence-electron chi connectivity index (χ2n) is 9.09. The van der Waals surface area contributed by atoms with Gasteiger partial charge in [-0.2, -0.15) is 0 Å². The van der Waals surface area contributed by atoms with Gasteiger partial charge in [0.25, 0.3) is 0 Å². The Hall–Kier alpha value is -4.77. The summed E-state index contributed by atoms with van der Waals surface area (Å²) in [5.74, 6) is 0.466. The Morgan fingerprint density at radius 2 is 1.43 bits per heavy atom. The van der Waals surface area contributed by atoms with Crippen LogP contribution in [-0.4, -0.2) is 23.3 Å². The zero-order valence-electron chi connectivity index (χ0n) is 20.6. The number of urea groups is 1. The standard InChI is InChI=1S/C32H28N2O3/c1-34(26-5-3-2-4-6-26)32(37)33-21-23-9-7-22(8-10-23)19-31-29(24-11-14-27(35)15-12-24)17-13-25-20-28(36)16-18-30(25)31/h2-18,20,35-36H,19,21H2,1H3,(H,33,37). The lowest BCUT2D eigenvalue weighted by molar-refractivity contribution is 0.247. The van der Waals surface area contributed by atoms with Gasteiger partial charge in [-0.15, -0.1) is 0 Å². The summed E-state index contributed by atoms with van der Waals surface area (Å²) in [7, 11) is 1.75. The number of benzene rings is 5. The fourth-order valence-electron chi connectivity index (χ4n) is 4.53. The molecule has 0 radical (unpaired) electrons. The minimum absolute atomic E-state index is 0.159. The third kappa shape index (κ3) is 5.41. The number of phenolic OH excluding ortho intramolecular Hbond substituents is 2. The number of aromatic hydroxyl groups is 2. The lowest BCUT2D eigenvalue weighted by atomic mass is 9.90. The predicted octanol–water partition coefficient (Wildman–Crippen LogP) is 6.85. The average Bonchev–Trinajstić information content (AvgIpc) is 2.93. The molecule has 5 aromatic carbocycles. The van der Waals surface area contributed by atoms with E-state index < -0.39 is 0 Å². The van der Waals surface area contributed by atoms with E-state index in [-0.39, 0.29) is 17.5 Å². The molecule has 5 aromatic rings. The van der Waals surface area contributed by atoms with Crippen molar-refractivity contribution in [1.29, 1.82) is 0 Å². The lowest BCUT2D eigenvalue weighted by Crippen LogP contribution is -2.36. The summed E-state index contributed by atoms with van der Waals surface area (Å²) in [6.07, 6.45) is 0.696. The van der Waals surface area contributed by atoms with Crippen LogP contribution in [0.25, 0.3) is 21.9 Å². The largest absolute Gasteiger partial charge is 0.508 e. The van der Waals surface area contributed by atoms with Crippen molar-refractivity contribution in [2.75, 3.05) is 11.9 Å². The molecule has 0 saturated carbocycles. The molecule has 5 rings (SSSR count). The van der Waals surface area contributed by atoms with Gasteiger partial charge in [-0.3, -0.25) is 4.90 Å². The van der Waals surface area contributed by atoms with E-state index in [9.17, 15) is 15.0 Å². The minimum atomic E-state index is -0.159. The van der Waals surface area contributed by atoms with Crippen LogP contribution in [0.2, 0.25) is 0 Å². The topological polar surface area (TPSA) is 72.8 Å². The Morgan fingerprint density at radius 1 is 0.757 bits per heavy atom. The van der Waals surface area contributed by atoms with Crippen molar-refractivity contribution < 1.29 is 15.0 Å². The van der Waals surface area contributed by atoms with Crippen LogP contribution in [0.3, 0.4) is 0 Å².